The van der Waals surface area contributed by atoms with Crippen LogP contribution in [0, 0.1) is 13.8 Å². The molecule has 1 heterocycles. The molecular formula is C17H23N3O. The number of rotatable bonds is 5. The summed E-state index contributed by atoms with van der Waals surface area (Å²) in [6, 6.07) is 10.3. The number of amides is 1. The summed E-state index contributed by atoms with van der Waals surface area (Å²) in [6.45, 7) is 8.09. The smallest absolute Gasteiger partial charge is 0.224 e. The van der Waals surface area contributed by atoms with Gasteiger partial charge in [0.25, 0.3) is 0 Å². The van der Waals surface area contributed by atoms with Crippen LogP contribution in [0.25, 0.3) is 0 Å². The molecule has 0 saturated carbocycles. The molecule has 0 saturated heterocycles. The van der Waals surface area contributed by atoms with Crippen LogP contribution in [0.5, 0.6) is 0 Å². The molecule has 0 bridgehead atoms. The Labute approximate surface area is 126 Å². The molecule has 1 aromatic carbocycles. The van der Waals surface area contributed by atoms with Gasteiger partial charge >= 0.3 is 0 Å². The highest BCUT2D eigenvalue weighted by atomic mass is 16.1. The third kappa shape index (κ3) is 3.72. The first-order valence-corrected chi connectivity index (χ1v) is 7.38. The molecule has 0 fully saturated rings. The molecule has 0 atom stereocenters. The van der Waals surface area contributed by atoms with Crippen molar-refractivity contribution >= 4 is 11.6 Å². The number of nitrogens with zero attached hydrogens (tertiary/aromatic N) is 2. The molecule has 112 valence electrons. The lowest BCUT2D eigenvalue weighted by molar-refractivity contribution is -0.116. The minimum atomic E-state index is 0.0355. The standard InChI is InChI=1S/C17H23N3O/c1-12(2)20-14(4)17(13(3)19-20)18-16(21)11-10-15-8-6-5-7-9-15/h5-9,12H,10-11H2,1-4H3,(H,18,21). The van der Waals surface area contributed by atoms with E-state index in [1.807, 2.05) is 48.9 Å². The van der Waals surface area contributed by atoms with Gasteiger partial charge in [-0.25, -0.2) is 0 Å². The molecule has 0 radical (unpaired) electrons. The van der Waals surface area contributed by atoms with Crippen molar-refractivity contribution in [3.63, 3.8) is 0 Å². The van der Waals surface area contributed by atoms with E-state index in [0.717, 1.165) is 23.5 Å². The molecule has 21 heavy (non-hydrogen) atoms. The van der Waals surface area contributed by atoms with Crippen LogP contribution in [0.4, 0.5) is 5.69 Å². The summed E-state index contributed by atoms with van der Waals surface area (Å²) < 4.78 is 1.95. The van der Waals surface area contributed by atoms with Gasteiger partial charge in [-0.15, -0.1) is 0 Å². The number of aromatic nitrogens is 2. The molecule has 0 aliphatic heterocycles. The molecule has 0 spiro atoms. The lowest BCUT2D eigenvalue weighted by Crippen LogP contribution is -2.14. The monoisotopic (exact) mass is 285 g/mol. The Morgan fingerprint density at radius 1 is 1.24 bits per heavy atom. The van der Waals surface area contributed by atoms with Crippen molar-refractivity contribution in [2.24, 2.45) is 0 Å². The summed E-state index contributed by atoms with van der Waals surface area (Å²) in [5.41, 5.74) is 3.91. The van der Waals surface area contributed by atoms with Gasteiger partial charge < -0.3 is 5.32 Å². The van der Waals surface area contributed by atoms with Gasteiger partial charge in [0.15, 0.2) is 0 Å². The highest BCUT2D eigenvalue weighted by molar-refractivity contribution is 5.92. The lowest BCUT2D eigenvalue weighted by Gasteiger charge is -2.09. The second kappa shape index (κ2) is 6.57. The number of hydrogen-bond donors (Lipinski definition) is 1. The van der Waals surface area contributed by atoms with Crippen LogP contribution in [0.2, 0.25) is 0 Å². The molecule has 4 nitrogen and oxygen atoms in total. The largest absolute Gasteiger partial charge is 0.323 e. The zero-order valence-electron chi connectivity index (χ0n) is 13.2. The molecule has 0 unspecified atom stereocenters. The van der Waals surface area contributed by atoms with Crippen LogP contribution < -0.4 is 5.32 Å². The first kappa shape index (κ1) is 15.3. The third-order valence-corrected chi connectivity index (χ3v) is 3.56. The van der Waals surface area contributed by atoms with E-state index in [4.69, 9.17) is 0 Å². The number of nitrogens with one attached hydrogen (secondary N) is 1. The fraction of sp³-hybridized carbons (Fsp3) is 0.412. The molecule has 2 rings (SSSR count). The maximum Gasteiger partial charge on any atom is 0.224 e. The van der Waals surface area contributed by atoms with E-state index in [1.54, 1.807) is 0 Å². The Kier molecular flexibility index (Phi) is 4.78. The number of carbonyl (C=O) groups is 1. The number of carbonyl (C=O) groups excluding carboxylic acids is 1. The summed E-state index contributed by atoms with van der Waals surface area (Å²) in [5.74, 6) is 0.0355. The van der Waals surface area contributed by atoms with E-state index in [2.05, 4.69) is 24.3 Å². The van der Waals surface area contributed by atoms with Crippen molar-refractivity contribution in [3.8, 4) is 0 Å². The Morgan fingerprint density at radius 3 is 2.48 bits per heavy atom. The second-order valence-electron chi connectivity index (χ2n) is 5.62. The van der Waals surface area contributed by atoms with Gasteiger partial charge in [-0.2, -0.15) is 5.10 Å². The van der Waals surface area contributed by atoms with E-state index >= 15 is 0 Å². The van der Waals surface area contributed by atoms with Crippen LogP contribution >= 0.6 is 0 Å². The van der Waals surface area contributed by atoms with E-state index in [-0.39, 0.29) is 5.91 Å². The first-order chi connectivity index (χ1) is 9.99. The molecule has 4 heteroatoms. The zero-order chi connectivity index (χ0) is 15.4. The summed E-state index contributed by atoms with van der Waals surface area (Å²) in [4.78, 5) is 12.1. The summed E-state index contributed by atoms with van der Waals surface area (Å²) in [5, 5.41) is 7.48. The first-order valence-electron chi connectivity index (χ1n) is 7.38. The number of anilines is 1. The van der Waals surface area contributed by atoms with E-state index in [0.29, 0.717) is 12.5 Å². The van der Waals surface area contributed by atoms with Gasteiger partial charge in [-0.05, 0) is 39.7 Å². The SMILES string of the molecule is Cc1nn(C(C)C)c(C)c1NC(=O)CCc1ccccc1. The van der Waals surface area contributed by atoms with Crippen molar-refractivity contribution in [1.82, 2.24) is 9.78 Å². The Bertz CT molecular complexity index is 614. The van der Waals surface area contributed by atoms with E-state index in [9.17, 15) is 4.79 Å². The molecule has 1 amide bonds. The van der Waals surface area contributed by atoms with E-state index in [1.165, 1.54) is 5.56 Å². The van der Waals surface area contributed by atoms with Crippen molar-refractivity contribution in [2.75, 3.05) is 5.32 Å². The van der Waals surface area contributed by atoms with Gasteiger partial charge in [0.05, 0.1) is 17.1 Å². The molecule has 2 aromatic rings. The van der Waals surface area contributed by atoms with Crippen LogP contribution in [0.15, 0.2) is 30.3 Å². The molecule has 0 aliphatic rings. The van der Waals surface area contributed by atoms with E-state index < -0.39 is 0 Å². The van der Waals surface area contributed by atoms with Gasteiger partial charge in [-0.1, -0.05) is 30.3 Å². The average Bonchev–Trinajstić information content (AvgIpc) is 2.74. The predicted octanol–water partition coefficient (Wildman–Crippen LogP) is 3.65. The van der Waals surface area contributed by atoms with Crippen molar-refractivity contribution < 1.29 is 4.79 Å². The molecule has 1 N–H and O–H groups in total. The summed E-state index contributed by atoms with van der Waals surface area (Å²) in [7, 11) is 0. The molecular weight excluding hydrogens is 262 g/mol. The quantitative estimate of drug-likeness (QED) is 0.911. The van der Waals surface area contributed by atoms with Crippen molar-refractivity contribution in [1.29, 1.82) is 0 Å². The topological polar surface area (TPSA) is 46.9 Å². The maximum atomic E-state index is 12.1. The number of benzene rings is 1. The minimum absolute atomic E-state index is 0.0355. The van der Waals surface area contributed by atoms with Crippen LogP contribution in [0.3, 0.4) is 0 Å². The van der Waals surface area contributed by atoms with Crippen molar-refractivity contribution in [3.05, 3.63) is 47.3 Å². The highest BCUT2D eigenvalue weighted by Crippen LogP contribution is 2.22. The third-order valence-electron chi connectivity index (χ3n) is 3.56. The summed E-state index contributed by atoms with van der Waals surface area (Å²) in [6.07, 6.45) is 1.23. The van der Waals surface area contributed by atoms with Gasteiger partial charge in [0, 0.05) is 12.5 Å². The normalized spacial score (nSPS) is 10.9. The Balaban J connectivity index is 2.00. The number of aryl methyl sites for hydroxylation is 2. The van der Waals surface area contributed by atoms with Gasteiger partial charge in [0.1, 0.15) is 0 Å². The van der Waals surface area contributed by atoms with Gasteiger partial charge in [-0.3, -0.25) is 9.48 Å². The van der Waals surface area contributed by atoms with Crippen LogP contribution in [-0.2, 0) is 11.2 Å². The second-order valence-corrected chi connectivity index (χ2v) is 5.62. The van der Waals surface area contributed by atoms with Gasteiger partial charge in [0.2, 0.25) is 5.91 Å². The fourth-order valence-corrected chi connectivity index (χ4v) is 2.45. The lowest BCUT2D eigenvalue weighted by atomic mass is 10.1. The average molecular weight is 285 g/mol. The predicted molar refractivity (Wildman–Crippen MR) is 85.5 cm³/mol. The number of hydrogen-bond acceptors (Lipinski definition) is 2. The highest BCUT2D eigenvalue weighted by Gasteiger charge is 2.15. The minimum Gasteiger partial charge on any atom is -0.323 e. The van der Waals surface area contributed by atoms with Crippen molar-refractivity contribution in [2.45, 2.75) is 46.6 Å². The Hall–Kier alpha value is -2.10. The zero-order valence-corrected chi connectivity index (χ0v) is 13.2. The van der Waals surface area contributed by atoms with Crippen LogP contribution in [0.1, 0.15) is 43.3 Å². The summed E-state index contributed by atoms with van der Waals surface area (Å²) >= 11 is 0. The molecule has 1 aromatic heterocycles. The maximum absolute atomic E-state index is 12.1. The van der Waals surface area contributed by atoms with Crippen LogP contribution in [-0.4, -0.2) is 15.7 Å². The Morgan fingerprint density at radius 2 is 1.90 bits per heavy atom. The fourth-order valence-electron chi connectivity index (χ4n) is 2.45. The molecule has 0 aliphatic carbocycles.